The van der Waals surface area contributed by atoms with Crippen LogP contribution in [0, 0.1) is 0 Å². The molecule has 1 heterocycles. The summed E-state index contributed by atoms with van der Waals surface area (Å²) < 4.78 is 11.9. The zero-order valence-electron chi connectivity index (χ0n) is 11.1. The van der Waals surface area contributed by atoms with Gasteiger partial charge in [-0.25, -0.2) is 4.68 Å². The first kappa shape index (κ1) is 13.8. The van der Waals surface area contributed by atoms with Crippen LogP contribution in [0.3, 0.4) is 0 Å². The number of nitrogens with zero attached hydrogens (tertiary/aromatic N) is 4. The minimum atomic E-state index is -1.02. The highest BCUT2D eigenvalue weighted by molar-refractivity contribution is 5.68. The Morgan fingerprint density at radius 3 is 2.85 bits per heavy atom. The molecule has 1 N–H and O–H groups in total. The first-order valence-electron chi connectivity index (χ1n) is 5.95. The summed E-state index contributed by atoms with van der Waals surface area (Å²) in [6, 6.07) is 5.18. The Labute approximate surface area is 114 Å². The van der Waals surface area contributed by atoms with Crippen molar-refractivity contribution in [2.75, 3.05) is 13.7 Å². The van der Waals surface area contributed by atoms with E-state index in [2.05, 4.69) is 15.5 Å². The highest BCUT2D eigenvalue weighted by atomic mass is 16.5. The van der Waals surface area contributed by atoms with Gasteiger partial charge in [-0.2, -0.15) is 0 Å². The highest BCUT2D eigenvalue weighted by Gasteiger charge is 2.14. The molecule has 0 spiro atoms. The lowest BCUT2D eigenvalue weighted by molar-refractivity contribution is -0.137. The summed E-state index contributed by atoms with van der Waals surface area (Å²) in [4.78, 5) is 10.8. The van der Waals surface area contributed by atoms with Gasteiger partial charge in [0.1, 0.15) is 6.54 Å². The van der Waals surface area contributed by atoms with Crippen molar-refractivity contribution in [3.8, 4) is 22.9 Å². The lowest BCUT2D eigenvalue weighted by Crippen LogP contribution is -2.11. The summed E-state index contributed by atoms with van der Waals surface area (Å²) >= 11 is 0. The average Bonchev–Trinajstić information content (AvgIpc) is 2.87. The molecule has 20 heavy (non-hydrogen) atoms. The van der Waals surface area contributed by atoms with Gasteiger partial charge in [-0.1, -0.05) is 0 Å². The minimum absolute atomic E-state index is 0.308. The van der Waals surface area contributed by atoms with Gasteiger partial charge in [0, 0.05) is 5.56 Å². The van der Waals surface area contributed by atoms with Crippen molar-refractivity contribution in [3.05, 3.63) is 18.2 Å². The molecular weight excluding hydrogens is 264 g/mol. The third-order valence-electron chi connectivity index (χ3n) is 2.54. The quantitative estimate of drug-likeness (QED) is 0.835. The van der Waals surface area contributed by atoms with Gasteiger partial charge in [0.2, 0.25) is 0 Å². The predicted molar refractivity (Wildman–Crippen MR) is 68.6 cm³/mol. The zero-order chi connectivity index (χ0) is 14.5. The molecule has 0 saturated carbocycles. The van der Waals surface area contributed by atoms with Gasteiger partial charge in [0.15, 0.2) is 17.3 Å². The van der Waals surface area contributed by atoms with Crippen LogP contribution in [-0.2, 0) is 11.3 Å². The molecule has 2 aromatic rings. The van der Waals surface area contributed by atoms with Crippen LogP contribution in [0.2, 0.25) is 0 Å². The van der Waals surface area contributed by atoms with Crippen LogP contribution < -0.4 is 9.47 Å². The third kappa shape index (κ3) is 2.85. The molecule has 0 aliphatic carbocycles. The van der Waals surface area contributed by atoms with Crippen LogP contribution in [0.25, 0.3) is 11.4 Å². The molecule has 0 atom stereocenters. The Morgan fingerprint density at radius 2 is 2.20 bits per heavy atom. The van der Waals surface area contributed by atoms with Gasteiger partial charge in [0.25, 0.3) is 0 Å². The molecule has 0 aliphatic rings. The fourth-order valence-corrected chi connectivity index (χ4v) is 1.73. The van der Waals surface area contributed by atoms with Crippen molar-refractivity contribution in [3.63, 3.8) is 0 Å². The number of aliphatic carboxylic acids is 1. The van der Waals surface area contributed by atoms with Crippen molar-refractivity contribution in [2.24, 2.45) is 0 Å². The number of carboxylic acids is 1. The molecule has 1 aromatic heterocycles. The molecule has 0 bridgehead atoms. The number of ether oxygens (including phenoxy) is 2. The van der Waals surface area contributed by atoms with E-state index >= 15 is 0 Å². The number of hydrogen-bond acceptors (Lipinski definition) is 6. The zero-order valence-corrected chi connectivity index (χ0v) is 11.1. The molecule has 8 nitrogen and oxygen atoms in total. The van der Waals surface area contributed by atoms with E-state index in [0.29, 0.717) is 29.5 Å². The van der Waals surface area contributed by atoms with Crippen LogP contribution in [0.5, 0.6) is 11.5 Å². The van der Waals surface area contributed by atoms with Crippen LogP contribution >= 0.6 is 0 Å². The second kappa shape index (κ2) is 6.00. The van der Waals surface area contributed by atoms with E-state index in [0.717, 1.165) is 0 Å². The Bertz CT molecular complexity index is 611. The number of carboxylic acid groups (broad SMARTS) is 1. The van der Waals surface area contributed by atoms with Crippen molar-refractivity contribution >= 4 is 5.97 Å². The lowest BCUT2D eigenvalue weighted by atomic mass is 10.2. The molecular formula is C12H14N4O4. The predicted octanol–water partition coefficient (Wildman–Crippen LogP) is 0.832. The summed E-state index contributed by atoms with van der Waals surface area (Å²) in [5, 5.41) is 19.8. The molecule has 0 fully saturated rings. The number of carbonyl (C=O) groups is 1. The van der Waals surface area contributed by atoms with E-state index in [1.54, 1.807) is 18.2 Å². The highest BCUT2D eigenvalue weighted by Crippen LogP contribution is 2.31. The molecule has 8 heteroatoms. The summed E-state index contributed by atoms with van der Waals surface area (Å²) in [6.07, 6.45) is 0. The molecule has 0 radical (unpaired) electrons. The summed E-state index contributed by atoms with van der Waals surface area (Å²) in [5.41, 5.74) is 0.650. The second-order valence-electron chi connectivity index (χ2n) is 3.85. The third-order valence-corrected chi connectivity index (χ3v) is 2.54. The summed E-state index contributed by atoms with van der Waals surface area (Å²) in [5.74, 6) is 0.482. The van der Waals surface area contributed by atoms with Crippen molar-refractivity contribution < 1.29 is 19.4 Å². The lowest BCUT2D eigenvalue weighted by Gasteiger charge is -2.10. The molecule has 2 rings (SSSR count). The number of aromatic nitrogens is 4. The van der Waals surface area contributed by atoms with Crippen molar-refractivity contribution in [1.82, 2.24) is 20.2 Å². The molecule has 0 saturated heterocycles. The summed E-state index contributed by atoms with van der Waals surface area (Å²) in [6.45, 7) is 2.09. The number of benzene rings is 1. The van der Waals surface area contributed by atoms with Crippen LogP contribution in [-0.4, -0.2) is 45.0 Å². The topological polar surface area (TPSA) is 99.4 Å². The smallest absolute Gasteiger partial charge is 0.325 e. The monoisotopic (exact) mass is 278 g/mol. The Morgan fingerprint density at radius 1 is 1.40 bits per heavy atom. The van der Waals surface area contributed by atoms with E-state index in [1.165, 1.54) is 11.8 Å². The maximum absolute atomic E-state index is 10.8. The molecule has 0 unspecified atom stereocenters. The summed E-state index contributed by atoms with van der Waals surface area (Å²) in [7, 11) is 1.53. The van der Waals surface area contributed by atoms with Crippen LogP contribution in [0.1, 0.15) is 6.92 Å². The van der Waals surface area contributed by atoms with E-state index < -0.39 is 5.97 Å². The second-order valence-corrected chi connectivity index (χ2v) is 3.85. The van der Waals surface area contributed by atoms with E-state index in [9.17, 15) is 4.79 Å². The standard InChI is InChI=1S/C12H14N4O4/c1-3-20-9-5-4-8(6-10(9)19-2)12-13-14-15-16(12)7-11(17)18/h4-6H,3,7H2,1-2H3,(H,17,18). The van der Waals surface area contributed by atoms with E-state index in [1.807, 2.05) is 6.92 Å². The fourth-order valence-electron chi connectivity index (χ4n) is 1.73. The van der Waals surface area contributed by atoms with Crippen LogP contribution in [0.4, 0.5) is 0 Å². The minimum Gasteiger partial charge on any atom is -0.493 e. The molecule has 1 aromatic carbocycles. The Hall–Kier alpha value is -2.64. The normalized spacial score (nSPS) is 10.3. The average molecular weight is 278 g/mol. The Kier molecular flexibility index (Phi) is 4.14. The number of tetrazole rings is 1. The van der Waals surface area contributed by atoms with Gasteiger partial charge >= 0.3 is 5.97 Å². The van der Waals surface area contributed by atoms with E-state index in [4.69, 9.17) is 14.6 Å². The van der Waals surface area contributed by atoms with Crippen LogP contribution in [0.15, 0.2) is 18.2 Å². The van der Waals surface area contributed by atoms with Gasteiger partial charge in [-0.3, -0.25) is 4.79 Å². The number of rotatable bonds is 6. The maximum Gasteiger partial charge on any atom is 0.325 e. The van der Waals surface area contributed by atoms with E-state index in [-0.39, 0.29) is 6.54 Å². The molecule has 0 aliphatic heterocycles. The van der Waals surface area contributed by atoms with Crippen molar-refractivity contribution in [2.45, 2.75) is 13.5 Å². The number of hydrogen-bond donors (Lipinski definition) is 1. The Balaban J connectivity index is 2.38. The largest absolute Gasteiger partial charge is 0.493 e. The fraction of sp³-hybridized carbons (Fsp3) is 0.333. The first-order valence-corrected chi connectivity index (χ1v) is 5.95. The number of methoxy groups -OCH3 is 1. The van der Waals surface area contributed by atoms with Gasteiger partial charge in [-0.15, -0.1) is 5.10 Å². The molecule has 0 amide bonds. The SMILES string of the molecule is CCOc1ccc(-c2nnnn2CC(=O)O)cc1OC. The maximum atomic E-state index is 10.8. The van der Waals surface area contributed by atoms with Gasteiger partial charge in [0.05, 0.1) is 13.7 Å². The van der Waals surface area contributed by atoms with Gasteiger partial charge < -0.3 is 14.6 Å². The van der Waals surface area contributed by atoms with Gasteiger partial charge in [-0.05, 0) is 35.5 Å². The van der Waals surface area contributed by atoms with Crippen molar-refractivity contribution in [1.29, 1.82) is 0 Å². The first-order chi connectivity index (χ1) is 9.65. The molecule has 106 valence electrons.